The largest absolute Gasteiger partial charge is 0.380 e. The lowest BCUT2D eigenvalue weighted by atomic mass is 10.1. The highest BCUT2D eigenvalue weighted by Crippen LogP contribution is 2.06. The maximum atomic E-state index is 11.6. The van der Waals surface area contributed by atoms with Crippen LogP contribution in [0.4, 0.5) is 0 Å². The molecule has 0 aliphatic heterocycles. The molecule has 0 spiro atoms. The minimum Gasteiger partial charge on any atom is -0.380 e. The van der Waals surface area contributed by atoms with E-state index < -0.39 is 0 Å². The van der Waals surface area contributed by atoms with Gasteiger partial charge in [0.1, 0.15) is 0 Å². The van der Waals surface area contributed by atoms with Gasteiger partial charge >= 0.3 is 0 Å². The lowest BCUT2D eigenvalue weighted by Crippen LogP contribution is -2.30. The van der Waals surface area contributed by atoms with Crippen LogP contribution >= 0.6 is 0 Å². The Balaban J connectivity index is 2.31. The molecule has 1 amide bonds. The highest BCUT2D eigenvalue weighted by Gasteiger charge is 2.02. The summed E-state index contributed by atoms with van der Waals surface area (Å²) in [7, 11) is 1.68. The summed E-state index contributed by atoms with van der Waals surface area (Å²) < 4.78 is 5.09. The van der Waals surface area contributed by atoms with Crippen LogP contribution in [0.2, 0.25) is 0 Å². The van der Waals surface area contributed by atoms with Crippen LogP contribution in [0.25, 0.3) is 0 Å². The zero-order valence-electron chi connectivity index (χ0n) is 12.0. The summed E-state index contributed by atoms with van der Waals surface area (Å²) in [5, 5.41) is 6.15. The summed E-state index contributed by atoms with van der Waals surface area (Å²) in [6.45, 7) is 6.02. The van der Waals surface area contributed by atoms with E-state index in [4.69, 9.17) is 4.74 Å². The van der Waals surface area contributed by atoms with E-state index in [-0.39, 0.29) is 5.91 Å². The van der Waals surface area contributed by atoms with Crippen molar-refractivity contribution in [1.82, 2.24) is 10.6 Å². The first-order valence-corrected chi connectivity index (χ1v) is 6.68. The van der Waals surface area contributed by atoms with Crippen LogP contribution in [0.3, 0.4) is 0 Å². The first kappa shape index (κ1) is 15.7. The predicted molar refractivity (Wildman–Crippen MR) is 76.8 cm³/mol. The molecular weight excluding hydrogens is 240 g/mol. The van der Waals surface area contributed by atoms with Gasteiger partial charge in [-0.2, -0.15) is 0 Å². The van der Waals surface area contributed by atoms with Gasteiger partial charge in [-0.05, 0) is 11.1 Å². The molecule has 1 aromatic rings. The molecule has 0 atom stereocenters. The summed E-state index contributed by atoms with van der Waals surface area (Å²) >= 11 is 0. The highest BCUT2D eigenvalue weighted by atomic mass is 16.5. The molecule has 0 saturated heterocycles. The molecule has 0 heterocycles. The van der Waals surface area contributed by atoms with Gasteiger partial charge in [-0.15, -0.1) is 0 Å². The van der Waals surface area contributed by atoms with Crippen LogP contribution in [-0.2, 0) is 22.7 Å². The average Bonchev–Trinajstić information content (AvgIpc) is 2.37. The van der Waals surface area contributed by atoms with Crippen molar-refractivity contribution >= 4 is 5.91 Å². The second-order valence-corrected chi connectivity index (χ2v) is 4.89. The molecule has 19 heavy (non-hydrogen) atoms. The van der Waals surface area contributed by atoms with Gasteiger partial charge in [0.05, 0.1) is 6.61 Å². The molecule has 1 rings (SSSR count). The minimum atomic E-state index is 0.0743. The maximum absolute atomic E-state index is 11.6. The van der Waals surface area contributed by atoms with E-state index in [1.807, 2.05) is 18.2 Å². The van der Waals surface area contributed by atoms with Crippen molar-refractivity contribution in [2.45, 2.75) is 39.5 Å². The van der Waals surface area contributed by atoms with E-state index in [9.17, 15) is 4.79 Å². The maximum Gasteiger partial charge on any atom is 0.221 e. The Morgan fingerprint density at radius 3 is 2.74 bits per heavy atom. The van der Waals surface area contributed by atoms with E-state index in [1.54, 1.807) is 7.11 Å². The van der Waals surface area contributed by atoms with Gasteiger partial charge in [0.2, 0.25) is 5.91 Å². The number of hydrogen-bond donors (Lipinski definition) is 2. The molecule has 0 aliphatic carbocycles. The van der Waals surface area contributed by atoms with E-state index >= 15 is 0 Å². The predicted octanol–water partition coefficient (Wildman–Crippen LogP) is 1.84. The number of hydrogen-bond acceptors (Lipinski definition) is 3. The fourth-order valence-electron chi connectivity index (χ4n) is 1.76. The third-order valence-corrected chi connectivity index (χ3v) is 2.70. The quantitative estimate of drug-likeness (QED) is 0.753. The van der Waals surface area contributed by atoms with Crippen LogP contribution in [-0.4, -0.2) is 25.6 Å². The lowest BCUT2D eigenvalue weighted by Gasteiger charge is -2.09. The zero-order chi connectivity index (χ0) is 14.1. The smallest absolute Gasteiger partial charge is 0.221 e. The van der Waals surface area contributed by atoms with Gasteiger partial charge in [0, 0.05) is 32.7 Å². The summed E-state index contributed by atoms with van der Waals surface area (Å²) in [6, 6.07) is 8.47. The summed E-state index contributed by atoms with van der Waals surface area (Å²) in [6.07, 6.45) is 0.510. The van der Waals surface area contributed by atoms with Crippen LogP contribution in [0.15, 0.2) is 24.3 Å². The molecule has 0 radical (unpaired) electrons. The second kappa shape index (κ2) is 8.67. The van der Waals surface area contributed by atoms with E-state index in [0.29, 0.717) is 32.2 Å². The van der Waals surface area contributed by atoms with E-state index in [2.05, 4.69) is 30.5 Å². The van der Waals surface area contributed by atoms with Crippen molar-refractivity contribution < 1.29 is 9.53 Å². The fraction of sp³-hybridized carbons (Fsp3) is 0.533. The number of methoxy groups -OCH3 is 1. The Bertz CT molecular complexity index is 391. The molecule has 0 unspecified atom stereocenters. The normalized spacial score (nSPS) is 10.7. The molecule has 4 nitrogen and oxygen atoms in total. The molecule has 106 valence electrons. The van der Waals surface area contributed by atoms with Crippen LogP contribution < -0.4 is 10.6 Å². The van der Waals surface area contributed by atoms with Crippen LogP contribution in [0.1, 0.15) is 31.4 Å². The van der Waals surface area contributed by atoms with Gasteiger partial charge in [0.25, 0.3) is 0 Å². The summed E-state index contributed by atoms with van der Waals surface area (Å²) in [5.74, 6) is 0.0743. The van der Waals surface area contributed by atoms with Crippen molar-refractivity contribution in [3.8, 4) is 0 Å². The number of carbonyl (C=O) groups is 1. The molecule has 0 aliphatic rings. The Kier molecular flexibility index (Phi) is 7.15. The van der Waals surface area contributed by atoms with E-state index in [1.165, 1.54) is 0 Å². The summed E-state index contributed by atoms with van der Waals surface area (Å²) in [5.41, 5.74) is 2.22. The second-order valence-electron chi connectivity index (χ2n) is 4.89. The molecule has 1 aromatic carbocycles. The highest BCUT2D eigenvalue weighted by molar-refractivity contribution is 5.76. The lowest BCUT2D eigenvalue weighted by molar-refractivity contribution is -0.121. The Labute approximate surface area is 115 Å². The first-order chi connectivity index (χ1) is 9.11. The van der Waals surface area contributed by atoms with Gasteiger partial charge < -0.3 is 15.4 Å². The molecule has 0 saturated carbocycles. The van der Waals surface area contributed by atoms with Crippen LogP contribution in [0.5, 0.6) is 0 Å². The van der Waals surface area contributed by atoms with Gasteiger partial charge in [-0.3, -0.25) is 4.79 Å². The van der Waals surface area contributed by atoms with Crippen molar-refractivity contribution in [2.75, 3.05) is 13.7 Å². The third kappa shape index (κ3) is 6.94. The molecular formula is C15H24N2O2. The standard InChI is InChI=1S/C15H24N2O2/c1-12(2)16-8-7-15(18)17-10-13-5-4-6-14(9-13)11-19-3/h4-6,9,12,16H,7-8,10-11H2,1-3H3,(H,17,18). The Morgan fingerprint density at radius 1 is 1.32 bits per heavy atom. The monoisotopic (exact) mass is 264 g/mol. The Morgan fingerprint density at radius 2 is 2.05 bits per heavy atom. The fourth-order valence-corrected chi connectivity index (χ4v) is 1.76. The number of benzene rings is 1. The van der Waals surface area contributed by atoms with Gasteiger partial charge in [-0.1, -0.05) is 38.1 Å². The van der Waals surface area contributed by atoms with Crippen molar-refractivity contribution in [3.05, 3.63) is 35.4 Å². The third-order valence-electron chi connectivity index (χ3n) is 2.70. The van der Waals surface area contributed by atoms with E-state index in [0.717, 1.165) is 11.1 Å². The van der Waals surface area contributed by atoms with Gasteiger partial charge in [-0.25, -0.2) is 0 Å². The molecule has 0 aromatic heterocycles. The number of nitrogens with one attached hydrogen (secondary N) is 2. The molecule has 4 heteroatoms. The number of carbonyl (C=O) groups excluding carboxylic acids is 1. The number of ether oxygens (including phenoxy) is 1. The first-order valence-electron chi connectivity index (χ1n) is 6.68. The summed E-state index contributed by atoms with van der Waals surface area (Å²) in [4.78, 5) is 11.6. The molecule has 0 fully saturated rings. The number of rotatable bonds is 8. The number of amides is 1. The van der Waals surface area contributed by atoms with Crippen molar-refractivity contribution in [3.63, 3.8) is 0 Å². The van der Waals surface area contributed by atoms with Crippen molar-refractivity contribution in [1.29, 1.82) is 0 Å². The van der Waals surface area contributed by atoms with Crippen LogP contribution in [0, 0.1) is 0 Å². The molecule has 2 N–H and O–H groups in total. The van der Waals surface area contributed by atoms with Gasteiger partial charge in [0.15, 0.2) is 0 Å². The van der Waals surface area contributed by atoms with Crippen molar-refractivity contribution in [2.24, 2.45) is 0 Å². The topological polar surface area (TPSA) is 50.4 Å². The SMILES string of the molecule is COCc1cccc(CNC(=O)CCNC(C)C)c1. The molecule has 0 bridgehead atoms. The average molecular weight is 264 g/mol. The Hall–Kier alpha value is -1.39. The minimum absolute atomic E-state index is 0.0743. The zero-order valence-corrected chi connectivity index (χ0v) is 12.0.